The lowest BCUT2D eigenvalue weighted by molar-refractivity contribution is 0.990. The number of nitrogens with one attached hydrogen (secondary N) is 1. The molecule has 92 valence electrons. The molecule has 0 unspecified atom stereocenters. The molecule has 0 aliphatic carbocycles. The smallest absolute Gasteiger partial charge is 0.152 e. The van der Waals surface area contributed by atoms with E-state index in [0.29, 0.717) is 0 Å². The first-order valence-electron chi connectivity index (χ1n) is 5.67. The third kappa shape index (κ3) is 1.71. The number of nitrogens with zero attached hydrogens (tertiary/aromatic N) is 3. The van der Waals surface area contributed by atoms with E-state index >= 15 is 0 Å². The van der Waals surface area contributed by atoms with Crippen LogP contribution >= 0.6 is 23.1 Å². The normalized spacial score (nSPS) is 11.3. The van der Waals surface area contributed by atoms with E-state index in [0.717, 1.165) is 44.4 Å². The highest BCUT2D eigenvalue weighted by atomic mass is 35.5. The lowest BCUT2D eigenvalue weighted by Gasteiger charge is -1.96. The van der Waals surface area contributed by atoms with Gasteiger partial charge in [-0.15, -0.1) is 5.10 Å². The zero-order valence-corrected chi connectivity index (χ0v) is 11.6. The number of H-pyrrole nitrogens is 1. The summed E-state index contributed by atoms with van der Waals surface area (Å²) in [7, 11) is 0. The van der Waals surface area contributed by atoms with E-state index in [1.807, 2.05) is 19.1 Å². The van der Waals surface area contributed by atoms with Gasteiger partial charge in [-0.2, -0.15) is 0 Å². The molecule has 0 saturated carbocycles. The van der Waals surface area contributed by atoms with Gasteiger partial charge in [-0.1, -0.05) is 23.0 Å². The number of halogens is 1. The van der Waals surface area contributed by atoms with Crippen molar-refractivity contribution < 1.29 is 0 Å². The molecule has 2 heterocycles. The van der Waals surface area contributed by atoms with Crippen LogP contribution in [0.1, 0.15) is 18.2 Å². The number of hydrogen-bond acceptors (Lipinski definition) is 4. The summed E-state index contributed by atoms with van der Waals surface area (Å²) in [4.78, 5) is 8.92. The van der Waals surface area contributed by atoms with Crippen molar-refractivity contribution in [2.45, 2.75) is 20.3 Å². The fourth-order valence-electron chi connectivity index (χ4n) is 1.92. The van der Waals surface area contributed by atoms with Crippen LogP contribution in [0.15, 0.2) is 12.1 Å². The van der Waals surface area contributed by atoms with Crippen molar-refractivity contribution in [2.24, 2.45) is 0 Å². The highest BCUT2D eigenvalue weighted by Gasteiger charge is 2.14. The second kappa shape index (κ2) is 4.33. The van der Waals surface area contributed by atoms with Crippen LogP contribution in [0.2, 0.25) is 5.02 Å². The summed E-state index contributed by atoms with van der Waals surface area (Å²) in [5, 5.41) is 4.84. The van der Waals surface area contributed by atoms with Crippen LogP contribution < -0.4 is 0 Å². The summed E-state index contributed by atoms with van der Waals surface area (Å²) in [6.45, 7) is 4.03. The van der Waals surface area contributed by atoms with Crippen molar-refractivity contribution in [1.29, 1.82) is 0 Å². The van der Waals surface area contributed by atoms with Crippen LogP contribution in [0.3, 0.4) is 0 Å². The number of aromatic amines is 1. The molecule has 0 saturated heterocycles. The predicted molar refractivity (Wildman–Crippen MR) is 74.1 cm³/mol. The minimum atomic E-state index is 0.735. The zero-order chi connectivity index (χ0) is 12.7. The van der Waals surface area contributed by atoms with E-state index in [-0.39, 0.29) is 0 Å². The molecule has 0 spiro atoms. The van der Waals surface area contributed by atoms with Crippen molar-refractivity contribution in [2.75, 3.05) is 0 Å². The first-order valence-corrected chi connectivity index (χ1v) is 6.82. The number of imidazole rings is 1. The van der Waals surface area contributed by atoms with E-state index in [2.05, 4.69) is 26.5 Å². The molecule has 0 atom stereocenters. The summed E-state index contributed by atoms with van der Waals surface area (Å²) in [6.07, 6.45) is 0.850. The van der Waals surface area contributed by atoms with Crippen LogP contribution in [0.5, 0.6) is 0 Å². The molecule has 0 amide bonds. The second-order valence-corrected chi connectivity index (χ2v) is 5.22. The average molecular weight is 279 g/mol. The van der Waals surface area contributed by atoms with Gasteiger partial charge < -0.3 is 4.98 Å². The maximum Gasteiger partial charge on any atom is 0.152 e. The van der Waals surface area contributed by atoms with Gasteiger partial charge in [0, 0.05) is 5.02 Å². The van der Waals surface area contributed by atoms with Gasteiger partial charge in [0.2, 0.25) is 0 Å². The molecule has 4 nitrogen and oxygen atoms in total. The maximum atomic E-state index is 6.10. The van der Waals surface area contributed by atoms with Crippen LogP contribution in [-0.2, 0) is 6.42 Å². The number of hydrogen-bond donors (Lipinski definition) is 1. The summed E-state index contributed by atoms with van der Waals surface area (Å²) >= 11 is 7.47. The maximum absolute atomic E-state index is 6.10. The molecule has 18 heavy (non-hydrogen) atoms. The van der Waals surface area contributed by atoms with Gasteiger partial charge in [0.15, 0.2) is 5.82 Å². The Morgan fingerprint density at radius 1 is 1.39 bits per heavy atom. The third-order valence-electron chi connectivity index (χ3n) is 2.95. The van der Waals surface area contributed by atoms with Gasteiger partial charge >= 0.3 is 0 Å². The Kier molecular flexibility index (Phi) is 2.80. The number of aryl methyl sites for hydroxylation is 2. The van der Waals surface area contributed by atoms with Gasteiger partial charge in [-0.25, -0.2) is 4.98 Å². The molecule has 2 aromatic heterocycles. The summed E-state index contributed by atoms with van der Waals surface area (Å²) < 4.78 is 3.99. The number of fused-ring (bicyclic) bond motifs is 1. The van der Waals surface area contributed by atoms with Crippen molar-refractivity contribution in [1.82, 2.24) is 19.6 Å². The largest absolute Gasteiger partial charge is 0.337 e. The average Bonchev–Trinajstić information content (AvgIpc) is 2.99. The van der Waals surface area contributed by atoms with Crippen molar-refractivity contribution in [3.8, 4) is 10.7 Å². The molecule has 1 aromatic carbocycles. The SMILES string of the molecule is CCc1nnsc1-c1nc2c(C)c(Cl)ccc2[nH]1. The minimum absolute atomic E-state index is 0.735. The Balaban J connectivity index is 2.23. The van der Waals surface area contributed by atoms with Gasteiger partial charge in [-0.3, -0.25) is 0 Å². The van der Waals surface area contributed by atoms with Crippen molar-refractivity contribution in [3.63, 3.8) is 0 Å². The molecule has 0 fully saturated rings. The number of aromatic nitrogens is 4. The summed E-state index contributed by atoms with van der Waals surface area (Å²) in [5.74, 6) is 0.821. The molecule has 0 radical (unpaired) electrons. The first kappa shape index (κ1) is 11.6. The first-order chi connectivity index (χ1) is 8.70. The predicted octanol–water partition coefficient (Wildman–Crippen LogP) is 3.61. The Bertz CT molecular complexity index is 716. The third-order valence-corrected chi connectivity index (χ3v) is 4.13. The van der Waals surface area contributed by atoms with Gasteiger partial charge in [-0.05, 0) is 42.6 Å². The highest BCUT2D eigenvalue weighted by Crippen LogP contribution is 2.29. The lowest BCUT2D eigenvalue weighted by Crippen LogP contribution is -1.85. The standard InChI is InChI=1S/C12H11ClN4S/c1-3-8-11(18-17-16-8)12-14-9-5-4-7(13)6(2)10(9)15-12/h4-5H,3H2,1-2H3,(H,14,15). The molecule has 6 heteroatoms. The Morgan fingerprint density at radius 2 is 2.22 bits per heavy atom. The minimum Gasteiger partial charge on any atom is -0.337 e. The molecular weight excluding hydrogens is 268 g/mol. The molecule has 1 N–H and O–H groups in total. The molecular formula is C12H11ClN4S. The molecule has 0 aliphatic heterocycles. The quantitative estimate of drug-likeness (QED) is 0.779. The monoisotopic (exact) mass is 278 g/mol. The molecule has 3 aromatic rings. The lowest BCUT2D eigenvalue weighted by atomic mass is 10.2. The number of rotatable bonds is 2. The highest BCUT2D eigenvalue weighted by molar-refractivity contribution is 7.09. The van der Waals surface area contributed by atoms with E-state index in [4.69, 9.17) is 11.6 Å². The van der Waals surface area contributed by atoms with Gasteiger partial charge in [0.25, 0.3) is 0 Å². The molecule has 3 rings (SSSR count). The topological polar surface area (TPSA) is 54.5 Å². The fraction of sp³-hybridized carbons (Fsp3) is 0.250. The van der Waals surface area contributed by atoms with E-state index < -0.39 is 0 Å². The Hall–Kier alpha value is -1.46. The Morgan fingerprint density at radius 3 is 3.00 bits per heavy atom. The molecule has 0 aliphatic rings. The fourth-order valence-corrected chi connectivity index (χ4v) is 2.76. The number of benzene rings is 1. The van der Waals surface area contributed by atoms with Crippen molar-refractivity contribution >= 4 is 34.2 Å². The van der Waals surface area contributed by atoms with Crippen molar-refractivity contribution in [3.05, 3.63) is 28.4 Å². The second-order valence-electron chi connectivity index (χ2n) is 4.06. The van der Waals surface area contributed by atoms with Crippen LogP contribution in [0, 0.1) is 6.92 Å². The zero-order valence-electron chi connectivity index (χ0n) is 9.99. The van der Waals surface area contributed by atoms with Crippen LogP contribution in [0.25, 0.3) is 21.7 Å². The molecule has 0 bridgehead atoms. The Labute approximate surface area is 113 Å². The van der Waals surface area contributed by atoms with Crippen LogP contribution in [-0.4, -0.2) is 19.6 Å². The van der Waals surface area contributed by atoms with Crippen LogP contribution in [0.4, 0.5) is 0 Å². The van der Waals surface area contributed by atoms with E-state index in [1.165, 1.54) is 11.5 Å². The van der Waals surface area contributed by atoms with E-state index in [9.17, 15) is 0 Å². The summed E-state index contributed by atoms with van der Waals surface area (Å²) in [5.41, 5.74) is 3.87. The van der Waals surface area contributed by atoms with Gasteiger partial charge in [0.1, 0.15) is 4.88 Å². The summed E-state index contributed by atoms with van der Waals surface area (Å²) in [6, 6.07) is 3.83. The van der Waals surface area contributed by atoms with Gasteiger partial charge in [0.05, 0.1) is 16.7 Å². The van der Waals surface area contributed by atoms with E-state index in [1.54, 1.807) is 0 Å².